The second-order valence-electron chi connectivity index (χ2n) is 3.97. The molecule has 1 aromatic rings. The fraction of sp³-hybridized carbons (Fsp3) is 0.700. The van der Waals surface area contributed by atoms with Crippen LogP contribution in [-0.2, 0) is 11.8 Å². The van der Waals surface area contributed by atoms with Gasteiger partial charge in [0.15, 0.2) is 0 Å². The number of aryl methyl sites for hydroxylation is 1. The third-order valence-electron chi connectivity index (χ3n) is 2.61. The number of nitrogens with one attached hydrogen (secondary N) is 1. The average molecular weight is 242 g/mol. The van der Waals surface area contributed by atoms with Crippen LogP contribution in [0.1, 0.15) is 19.2 Å². The van der Waals surface area contributed by atoms with Gasteiger partial charge in [0, 0.05) is 33.7 Å². The zero-order chi connectivity index (χ0) is 13.0. The molecular formula is C10H18N4O3. The van der Waals surface area contributed by atoms with Crippen LogP contribution in [0.5, 0.6) is 0 Å². The maximum absolute atomic E-state index is 10.8. The molecule has 0 bridgehead atoms. The summed E-state index contributed by atoms with van der Waals surface area (Å²) in [6.07, 6.45) is 0.776. The third-order valence-corrected chi connectivity index (χ3v) is 2.61. The molecule has 0 saturated carbocycles. The van der Waals surface area contributed by atoms with Gasteiger partial charge in [-0.15, -0.1) is 0 Å². The Balaban J connectivity index is 2.85. The maximum atomic E-state index is 10.8. The van der Waals surface area contributed by atoms with Crippen molar-refractivity contribution in [2.24, 2.45) is 7.05 Å². The first-order chi connectivity index (χ1) is 7.97. The molecule has 0 aromatic carbocycles. The first-order valence-corrected chi connectivity index (χ1v) is 5.40. The molecule has 0 radical (unpaired) electrons. The SMILES string of the molecule is COCCC(C)Nc1c([N+](=O)[O-])nc(C)n1C. The first-order valence-electron chi connectivity index (χ1n) is 5.40. The maximum Gasteiger partial charge on any atom is 0.406 e. The van der Waals surface area contributed by atoms with Crippen LogP contribution in [-0.4, -0.2) is 34.2 Å². The standard InChI is InChI=1S/C10H18N4O3/c1-7(5-6-17-4)11-9-10(14(15)16)12-8(2)13(9)3/h7,11H,5-6H2,1-4H3. The molecule has 7 heteroatoms. The molecule has 0 aliphatic carbocycles. The molecule has 0 saturated heterocycles. The van der Waals surface area contributed by atoms with Crippen LogP contribution >= 0.6 is 0 Å². The van der Waals surface area contributed by atoms with E-state index in [0.717, 1.165) is 6.42 Å². The van der Waals surface area contributed by atoms with Gasteiger partial charge in [-0.1, -0.05) is 0 Å². The lowest BCUT2D eigenvalue weighted by molar-refractivity contribution is -0.388. The molecule has 0 aliphatic heterocycles. The first kappa shape index (κ1) is 13.4. The summed E-state index contributed by atoms with van der Waals surface area (Å²) in [5.74, 6) is 0.920. The van der Waals surface area contributed by atoms with E-state index in [1.54, 1.807) is 25.6 Å². The summed E-state index contributed by atoms with van der Waals surface area (Å²) in [7, 11) is 3.38. The highest BCUT2D eigenvalue weighted by Crippen LogP contribution is 2.24. The monoisotopic (exact) mass is 242 g/mol. The second kappa shape index (κ2) is 5.62. The van der Waals surface area contributed by atoms with E-state index in [4.69, 9.17) is 4.74 Å². The highest BCUT2D eigenvalue weighted by molar-refractivity contribution is 5.53. The Morgan fingerprint density at radius 3 is 2.82 bits per heavy atom. The zero-order valence-corrected chi connectivity index (χ0v) is 10.6. The van der Waals surface area contributed by atoms with Crippen molar-refractivity contribution in [2.75, 3.05) is 19.0 Å². The smallest absolute Gasteiger partial charge is 0.385 e. The lowest BCUT2D eigenvalue weighted by Gasteiger charge is -2.14. The summed E-state index contributed by atoms with van der Waals surface area (Å²) in [6, 6.07) is 0.0865. The normalized spacial score (nSPS) is 12.5. The summed E-state index contributed by atoms with van der Waals surface area (Å²) >= 11 is 0. The van der Waals surface area contributed by atoms with Gasteiger partial charge in [-0.2, -0.15) is 0 Å². The largest absolute Gasteiger partial charge is 0.406 e. The van der Waals surface area contributed by atoms with Crippen LogP contribution in [0.3, 0.4) is 0 Å². The zero-order valence-electron chi connectivity index (χ0n) is 10.6. The van der Waals surface area contributed by atoms with Gasteiger partial charge in [-0.05, 0) is 23.3 Å². The minimum Gasteiger partial charge on any atom is -0.385 e. The van der Waals surface area contributed by atoms with Crippen molar-refractivity contribution in [1.29, 1.82) is 0 Å². The number of nitro groups is 1. The summed E-state index contributed by atoms with van der Waals surface area (Å²) in [5.41, 5.74) is 0. The summed E-state index contributed by atoms with van der Waals surface area (Å²) in [5, 5.41) is 13.9. The summed E-state index contributed by atoms with van der Waals surface area (Å²) in [6.45, 7) is 4.29. The van der Waals surface area contributed by atoms with E-state index in [0.29, 0.717) is 18.2 Å². The molecule has 1 unspecified atom stereocenters. The van der Waals surface area contributed by atoms with E-state index in [9.17, 15) is 10.1 Å². The van der Waals surface area contributed by atoms with Crippen LogP contribution in [0, 0.1) is 17.0 Å². The number of rotatable bonds is 6. The van der Waals surface area contributed by atoms with Crippen LogP contribution < -0.4 is 5.32 Å². The fourth-order valence-electron chi connectivity index (χ4n) is 1.48. The molecule has 17 heavy (non-hydrogen) atoms. The van der Waals surface area contributed by atoms with Crippen molar-refractivity contribution in [2.45, 2.75) is 26.3 Å². The van der Waals surface area contributed by atoms with Gasteiger partial charge in [-0.3, -0.25) is 4.57 Å². The highest BCUT2D eigenvalue weighted by atomic mass is 16.6. The van der Waals surface area contributed by atoms with Gasteiger partial charge >= 0.3 is 5.82 Å². The van der Waals surface area contributed by atoms with Gasteiger partial charge < -0.3 is 20.2 Å². The predicted molar refractivity (Wildman–Crippen MR) is 64.2 cm³/mol. The van der Waals surface area contributed by atoms with Gasteiger partial charge in [-0.25, -0.2) is 0 Å². The Kier molecular flexibility index (Phi) is 4.45. The Labute approximate surface area is 99.9 Å². The summed E-state index contributed by atoms with van der Waals surface area (Å²) < 4.78 is 6.65. The molecule has 0 amide bonds. The molecule has 0 fully saturated rings. The van der Waals surface area contributed by atoms with Crippen molar-refractivity contribution in [3.05, 3.63) is 15.9 Å². The van der Waals surface area contributed by atoms with Crippen molar-refractivity contribution in [1.82, 2.24) is 9.55 Å². The molecule has 1 heterocycles. The third kappa shape index (κ3) is 3.16. The van der Waals surface area contributed by atoms with Gasteiger partial charge in [0.2, 0.25) is 11.6 Å². The number of anilines is 1. The molecule has 0 spiro atoms. The van der Waals surface area contributed by atoms with Crippen LogP contribution in [0.2, 0.25) is 0 Å². The van der Waals surface area contributed by atoms with E-state index in [1.807, 2.05) is 6.92 Å². The van der Waals surface area contributed by atoms with Gasteiger partial charge in [0.25, 0.3) is 0 Å². The number of ether oxygens (including phenoxy) is 1. The number of nitrogens with zero attached hydrogens (tertiary/aromatic N) is 3. The molecule has 96 valence electrons. The van der Waals surface area contributed by atoms with Gasteiger partial charge in [0.05, 0.1) is 0 Å². The van der Waals surface area contributed by atoms with Crippen molar-refractivity contribution in [3.8, 4) is 0 Å². The number of aromatic nitrogens is 2. The second-order valence-corrected chi connectivity index (χ2v) is 3.97. The van der Waals surface area contributed by atoms with Crippen LogP contribution in [0.15, 0.2) is 0 Å². The van der Waals surface area contributed by atoms with Crippen molar-refractivity contribution >= 4 is 11.6 Å². The van der Waals surface area contributed by atoms with E-state index in [1.165, 1.54) is 0 Å². The number of imidazole rings is 1. The lowest BCUT2D eigenvalue weighted by atomic mass is 10.2. The minimum atomic E-state index is -0.474. The van der Waals surface area contributed by atoms with E-state index in [2.05, 4.69) is 10.3 Å². The number of methoxy groups -OCH3 is 1. The molecule has 1 N–H and O–H groups in total. The molecule has 1 atom stereocenters. The average Bonchev–Trinajstić information content (AvgIpc) is 2.54. The molecule has 1 rings (SSSR count). The highest BCUT2D eigenvalue weighted by Gasteiger charge is 2.24. The Bertz CT molecular complexity index is 403. The van der Waals surface area contributed by atoms with Crippen molar-refractivity contribution < 1.29 is 9.66 Å². The quantitative estimate of drug-likeness (QED) is 0.603. The van der Waals surface area contributed by atoms with Crippen molar-refractivity contribution in [3.63, 3.8) is 0 Å². The molecule has 0 aliphatic rings. The summed E-state index contributed by atoms with van der Waals surface area (Å²) in [4.78, 5) is 14.3. The number of hydrogen-bond acceptors (Lipinski definition) is 5. The number of hydrogen-bond donors (Lipinski definition) is 1. The van der Waals surface area contributed by atoms with E-state index >= 15 is 0 Å². The van der Waals surface area contributed by atoms with Crippen LogP contribution in [0.25, 0.3) is 0 Å². The molecule has 1 aromatic heterocycles. The molecule has 7 nitrogen and oxygen atoms in total. The van der Waals surface area contributed by atoms with Gasteiger partial charge in [0.1, 0.15) is 0 Å². The van der Waals surface area contributed by atoms with E-state index < -0.39 is 4.92 Å². The van der Waals surface area contributed by atoms with Crippen LogP contribution in [0.4, 0.5) is 11.6 Å². The topological polar surface area (TPSA) is 82.2 Å². The lowest BCUT2D eigenvalue weighted by Crippen LogP contribution is -2.19. The van der Waals surface area contributed by atoms with E-state index in [-0.39, 0.29) is 11.9 Å². The minimum absolute atomic E-state index is 0.0865. The molecular weight excluding hydrogens is 224 g/mol. The Morgan fingerprint density at radius 2 is 2.29 bits per heavy atom. The Morgan fingerprint density at radius 1 is 1.65 bits per heavy atom. The predicted octanol–water partition coefficient (Wildman–Crippen LogP) is 1.47. The Hall–Kier alpha value is -1.63. The fourth-order valence-corrected chi connectivity index (χ4v) is 1.48.